The van der Waals surface area contributed by atoms with E-state index in [1.165, 1.54) is 51.4 Å². The molecule has 0 radical (unpaired) electrons. The summed E-state index contributed by atoms with van der Waals surface area (Å²) in [5, 5.41) is 0. The maximum atomic E-state index is 3.88. The first kappa shape index (κ1) is 11.0. The van der Waals surface area contributed by atoms with Gasteiger partial charge in [0.1, 0.15) is 0 Å². The highest BCUT2D eigenvalue weighted by atomic mass is 79.9. The predicted molar refractivity (Wildman–Crippen MR) is 65.8 cm³/mol. The summed E-state index contributed by atoms with van der Waals surface area (Å²) in [7, 11) is 0. The maximum Gasteiger partial charge on any atom is 0.0176 e. The van der Waals surface area contributed by atoms with Gasteiger partial charge in [-0.3, -0.25) is 0 Å². The monoisotopic (exact) mass is 258 g/mol. The molecule has 0 N–H and O–H groups in total. The highest BCUT2D eigenvalue weighted by Gasteiger charge is 2.34. The van der Waals surface area contributed by atoms with E-state index in [9.17, 15) is 0 Å². The minimum atomic E-state index is 0.850. The second-order valence-corrected chi connectivity index (χ2v) is 6.49. The van der Waals surface area contributed by atoms with E-state index >= 15 is 0 Å². The molecule has 0 aliphatic heterocycles. The van der Waals surface area contributed by atoms with E-state index in [2.05, 4.69) is 22.9 Å². The van der Waals surface area contributed by atoms with E-state index in [1.54, 1.807) is 0 Å². The van der Waals surface area contributed by atoms with Crippen LogP contribution in [0.3, 0.4) is 0 Å². The molecule has 0 nitrogen and oxygen atoms in total. The van der Waals surface area contributed by atoms with Crippen LogP contribution in [0.5, 0.6) is 0 Å². The number of halogens is 1. The molecular weight excluding hydrogens is 236 g/mol. The van der Waals surface area contributed by atoms with Crippen LogP contribution >= 0.6 is 15.9 Å². The molecule has 0 saturated heterocycles. The van der Waals surface area contributed by atoms with Gasteiger partial charge in [-0.1, -0.05) is 55.0 Å². The van der Waals surface area contributed by atoms with Gasteiger partial charge in [0.2, 0.25) is 0 Å². The molecule has 4 unspecified atom stereocenters. The Morgan fingerprint density at radius 2 is 1.86 bits per heavy atom. The Hall–Kier alpha value is 0.480. The first-order valence-electron chi connectivity index (χ1n) is 6.45. The molecule has 0 aromatic carbocycles. The molecular formula is C13H23Br. The van der Waals surface area contributed by atoms with E-state index in [4.69, 9.17) is 0 Å². The largest absolute Gasteiger partial charge is 0.0888 e. The zero-order valence-electron chi connectivity index (χ0n) is 9.34. The van der Waals surface area contributed by atoms with Crippen LogP contribution in [-0.4, -0.2) is 4.83 Å². The molecule has 2 saturated carbocycles. The maximum absolute atomic E-state index is 3.88. The van der Waals surface area contributed by atoms with E-state index in [0.717, 1.165) is 22.6 Å². The van der Waals surface area contributed by atoms with Gasteiger partial charge in [-0.15, -0.1) is 0 Å². The summed E-state index contributed by atoms with van der Waals surface area (Å²) in [6.45, 7) is 2.37. The zero-order valence-corrected chi connectivity index (χ0v) is 10.9. The van der Waals surface area contributed by atoms with E-state index in [1.807, 2.05) is 0 Å². The van der Waals surface area contributed by atoms with Gasteiger partial charge in [0, 0.05) is 4.83 Å². The summed E-state index contributed by atoms with van der Waals surface area (Å²) in [5.74, 6) is 3.12. The molecule has 0 spiro atoms. The van der Waals surface area contributed by atoms with Gasteiger partial charge in [-0.2, -0.15) is 0 Å². The molecule has 0 bridgehead atoms. The van der Waals surface area contributed by atoms with Crippen molar-refractivity contribution in [1.82, 2.24) is 0 Å². The van der Waals surface area contributed by atoms with Crippen molar-refractivity contribution in [2.75, 3.05) is 0 Å². The smallest absolute Gasteiger partial charge is 0.0176 e. The van der Waals surface area contributed by atoms with Gasteiger partial charge in [0.15, 0.2) is 0 Å². The van der Waals surface area contributed by atoms with Crippen molar-refractivity contribution < 1.29 is 0 Å². The third kappa shape index (κ3) is 2.35. The molecule has 2 aliphatic carbocycles. The van der Waals surface area contributed by atoms with Gasteiger partial charge in [0.25, 0.3) is 0 Å². The second-order valence-electron chi connectivity index (χ2n) is 5.31. The summed E-state index contributed by atoms with van der Waals surface area (Å²) >= 11 is 3.88. The Kier molecular flexibility index (Phi) is 3.93. The average molecular weight is 259 g/mol. The van der Waals surface area contributed by atoms with Gasteiger partial charge < -0.3 is 0 Å². The fraction of sp³-hybridized carbons (Fsp3) is 1.00. The lowest BCUT2D eigenvalue weighted by Crippen LogP contribution is -2.25. The molecule has 2 rings (SSSR count). The normalized spacial score (nSPS) is 44.1. The lowest BCUT2D eigenvalue weighted by molar-refractivity contribution is 0.197. The number of hydrogen-bond acceptors (Lipinski definition) is 0. The third-order valence-electron chi connectivity index (χ3n) is 4.49. The van der Waals surface area contributed by atoms with Crippen molar-refractivity contribution in [2.45, 2.75) is 63.1 Å². The SMILES string of the molecule is CCC1CCCC(C2CCCC2Br)C1. The molecule has 2 aliphatic rings. The molecule has 0 amide bonds. The lowest BCUT2D eigenvalue weighted by Gasteiger charge is -2.34. The van der Waals surface area contributed by atoms with E-state index < -0.39 is 0 Å². The highest BCUT2D eigenvalue weighted by Crippen LogP contribution is 2.44. The minimum absolute atomic E-state index is 0.850. The molecule has 2 fully saturated rings. The van der Waals surface area contributed by atoms with Gasteiger partial charge in [-0.25, -0.2) is 0 Å². The Labute approximate surface area is 97.0 Å². The van der Waals surface area contributed by atoms with Crippen molar-refractivity contribution in [3.63, 3.8) is 0 Å². The average Bonchev–Trinajstić information content (AvgIpc) is 2.65. The molecule has 14 heavy (non-hydrogen) atoms. The van der Waals surface area contributed by atoms with Crippen molar-refractivity contribution in [3.8, 4) is 0 Å². The Morgan fingerprint density at radius 3 is 2.50 bits per heavy atom. The Bertz CT molecular complexity index is 178. The highest BCUT2D eigenvalue weighted by molar-refractivity contribution is 9.09. The molecule has 0 aromatic heterocycles. The van der Waals surface area contributed by atoms with Gasteiger partial charge in [0.05, 0.1) is 0 Å². The molecule has 0 heterocycles. The van der Waals surface area contributed by atoms with Crippen LogP contribution in [0.15, 0.2) is 0 Å². The Balaban J connectivity index is 1.90. The summed E-state index contributed by atoms with van der Waals surface area (Å²) in [6, 6.07) is 0. The summed E-state index contributed by atoms with van der Waals surface area (Å²) in [6.07, 6.45) is 11.9. The lowest BCUT2D eigenvalue weighted by atomic mass is 9.74. The topological polar surface area (TPSA) is 0 Å². The third-order valence-corrected chi connectivity index (χ3v) is 5.63. The zero-order chi connectivity index (χ0) is 9.97. The van der Waals surface area contributed by atoms with Crippen LogP contribution in [0.1, 0.15) is 58.3 Å². The number of rotatable bonds is 2. The van der Waals surface area contributed by atoms with Crippen molar-refractivity contribution in [2.24, 2.45) is 17.8 Å². The van der Waals surface area contributed by atoms with Crippen LogP contribution in [-0.2, 0) is 0 Å². The standard InChI is InChI=1S/C13H23Br/c1-2-10-5-3-6-11(9-10)12-7-4-8-13(12)14/h10-13H,2-9H2,1H3. The van der Waals surface area contributed by atoms with Crippen molar-refractivity contribution in [1.29, 1.82) is 0 Å². The summed E-state index contributed by atoms with van der Waals surface area (Å²) in [4.78, 5) is 0.850. The van der Waals surface area contributed by atoms with E-state index in [-0.39, 0.29) is 0 Å². The van der Waals surface area contributed by atoms with Crippen LogP contribution in [0.4, 0.5) is 0 Å². The fourth-order valence-corrected chi connectivity index (χ4v) is 4.59. The summed E-state index contributed by atoms with van der Waals surface area (Å²) in [5.41, 5.74) is 0. The van der Waals surface area contributed by atoms with Crippen LogP contribution in [0.25, 0.3) is 0 Å². The van der Waals surface area contributed by atoms with Gasteiger partial charge >= 0.3 is 0 Å². The van der Waals surface area contributed by atoms with Gasteiger partial charge in [-0.05, 0) is 37.0 Å². The molecule has 82 valence electrons. The second kappa shape index (κ2) is 5.01. The number of hydrogen-bond donors (Lipinski definition) is 0. The van der Waals surface area contributed by atoms with Crippen LogP contribution in [0.2, 0.25) is 0 Å². The Morgan fingerprint density at radius 1 is 1.07 bits per heavy atom. The molecule has 0 aromatic rings. The van der Waals surface area contributed by atoms with Crippen LogP contribution in [0, 0.1) is 17.8 Å². The number of alkyl halides is 1. The van der Waals surface area contributed by atoms with Crippen LogP contribution < -0.4 is 0 Å². The van der Waals surface area contributed by atoms with Crippen molar-refractivity contribution in [3.05, 3.63) is 0 Å². The van der Waals surface area contributed by atoms with E-state index in [0.29, 0.717) is 0 Å². The van der Waals surface area contributed by atoms with Crippen molar-refractivity contribution >= 4 is 15.9 Å². The first-order valence-corrected chi connectivity index (χ1v) is 7.37. The molecule has 4 atom stereocenters. The quantitative estimate of drug-likeness (QED) is 0.627. The predicted octanol–water partition coefficient (Wildman–Crippen LogP) is 4.77. The first-order chi connectivity index (χ1) is 6.81. The summed E-state index contributed by atoms with van der Waals surface area (Å²) < 4.78 is 0. The fourth-order valence-electron chi connectivity index (χ4n) is 3.57. The molecule has 1 heteroatoms. The minimum Gasteiger partial charge on any atom is -0.0888 e.